The molecule has 3 rings (SSSR count). The van der Waals surface area contributed by atoms with E-state index in [-0.39, 0.29) is 0 Å². The van der Waals surface area contributed by atoms with Crippen LogP contribution in [0.1, 0.15) is 28.1 Å². The van der Waals surface area contributed by atoms with Crippen LogP contribution in [0.15, 0.2) is 54.6 Å². The number of para-hydroxylation sites is 1. The van der Waals surface area contributed by atoms with Crippen molar-refractivity contribution in [3.05, 3.63) is 82.7 Å². The standard InChI is InChI=1S/C25H34N4O/c1-19-11-9-10-14-25(19)29-21(3)24(20(2)26-29)18-28(5)17-23(30)16-27(4)15-22-12-7-6-8-13-22/h6-14,23,30H,15-18H2,1-5H3. The van der Waals surface area contributed by atoms with Crippen LogP contribution in [0.5, 0.6) is 0 Å². The minimum atomic E-state index is -0.407. The maximum atomic E-state index is 10.6. The summed E-state index contributed by atoms with van der Waals surface area (Å²) < 4.78 is 2.04. The lowest BCUT2D eigenvalue weighted by Crippen LogP contribution is -2.37. The minimum absolute atomic E-state index is 0.407. The van der Waals surface area contributed by atoms with Crippen molar-refractivity contribution < 1.29 is 5.11 Å². The van der Waals surface area contributed by atoms with E-state index in [9.17, 15) is 5.11 Å². The fourth-order valence-electron chi connectivity index (χ4n) is 4.01. The lowest BCUT2D eigenvalue weighted by molar-refractivity contribution is 0.0866. The second kappa shape index (κ2) is 10.0. The fraction of sp³-hybridized carbons (Fsp3) is 0.400. The van der Waals surface area contributed by atoms with Gasteiger partial charge in [0.05, 0.1) is 17.5 Å². The first-order chi connectivity index (χ1) is 14.3. The molecular formula is C25H34N4O. The Morgan fingerprint density at radius 3 is 2.13 bits per heavy atom. The molecule has 5 nitrogen and oxygen atoms in total. The van der Waals surface area contributed by atoms with Crippen molar-refractivity contribution in [2.45, 2.75) is 40.0 Å². The number of hydrogen-bond acceptors (Lipinski definition) is 4. The van der Waals surface area contributed by atoms with E-state index in [4.69, 9.17) is 5.10 Å². The van der Waals surface area contributed by atoms with Crippen molar-refractivity contribution in [2.24, 2.45) is 0 Å². The van der Waals surface area contributed by atoms with E-state index in [1.54, 1.807) is 0 Å². The van der Waals surface area contributed by atoms with Crippen LogP contribution in [-0.4, -0.2) is 58.0 Å². The van der Waals surface area contributed by atoms with Gasteiger partial charge in [0.15, 0.2) is 0 Å². The minimum Gasteiger partial charge on any atom is -0.390 e. The zero-order valence-corrected chi connectivity index (χ0v) is 18.8. The van der Waals surface area contributed by atoms with Crippen molar-refractivity contribution in [2.75, 3.05) is 27.2 Å². The molecule has 160 valence electrons. The van der Waals surface area contributed by atoms with E-state index in [1.807, 2.05) is 16.8 Å². The van der Waals surface area contributed by atoms with E-state index in [1.165, 1.54) is 16.7 Å². The third kappa shape index (κ3) is 5.57. The molecule has 30 heavy (non-hydrogen) atoms. The second-order valence-electron chi connectivity index (χ2n) is 8.38. The largest absolute Gasteiger partial charge is 0.390 e. The van der Waals surface area contributed by atoms with Crippen LogP contribution in [0, 0.1) is 20.8 Å². The van der Waals surface area contributed by atoms with Crippen molar-refractivity contribution >= 4 is 0 Å². The molecule has 0 aliphatic rings. The van der Waals surface area contributed by atoms with Gasteiger partial charge in [-0.15, -0.1) is 0 Å². The van der Waals surface area contributed by atoms with Crippen LogP contribution in [0.2, 0.25) is 0 Å². The van der Waals surface area contributed by atoms with Gasteiger partial charge in [-0.25, -0.2) is 4.68 Å². The summed E-state index contributed by atoms with van der Waals surface area (Å²) in [5.74, 6) is 0. The molecule has 0 bridgehead atoms. The highest BCUT2D eigenvalue weighted by Gasteiger charge is 2.17. The van der Waals surface area contributed by atoms with Gasteiger partial charge in [-0.3, -0.25) is 9.80 Å². The molecule has 1 aromatic heterocycles. The summed E-state index contributed by atoms with van der Waals surface area (Å²) in [5, 5.41) is 15.4. The molecule has 1 atom stereocenters. The average molecular weight is 407 g/mol. The zero-order chi connectivity index (χ0) is 21.7. The van der Waals surface area contributed by atoms with Crippen molar-refractivity contribution in [1.82, 2.24) is 19.6 Å². The van der Waals surface area contributed by atoms with Gasteiger partial charge in [0.2, 0.25) is 0 Å². The summed E-state index contributed by atoms with van der Waals surface area (Å²) in [6.45, 7) is 9.16. The number of aliphatic hydroxyl groups excluding tert-OH is 1. The van der Waals surface area contributed by atoms with Crippen LogP contribution in [0.3, 0.4) is 0 Å². The summed E-state index contributed by atoms with van der Waals surface area (Å²) in [6, 6.07) is 18.7. The third-order valence-corrected chi connectivity index (χ3v) is 5.55. The highest BCUT2D eigenvalue weighted by molar-refractivity contribution is 5.42. The molecule has 0 aliphatic heterocycles. The Balaban J connectivity index is 1.59. The molecule has 1 unspecified atom stereocenters. The van der Waals surface area contributed by atoms with Gasteiger partial charge in [0.1, 0.15) is 0 Å². The first kappa shape index (κ1) is 22.2. The zero-order valence-electron chi connectivity index (χ0n) is 18.8. The number of aromatic nitrogens is 2. The van der Waals surface area contributed by atoms with E-state index in [0.717, 1.165) is 30.2 Å². The van der Waals surface area contributed by atoms with Crippen LogP contribution < -0.4 is 0 Å². The lowest BCUT2D eigenvalue weighted by Gasteiger charge is -2.25. The number of hydrogen-bond donors (Lipinski definition) is 1. The van der Waals surface area contributed by atoms with Gasteiger partial charge in [0, 0.05) is 37.4 Å². The number of rotatable bonds is 9. The summed E-state index contributed by atoms with van der Waals surface area (Å²) in [5.41, 5.74) is 7.01. The number of aliphatic hydroxyl groups is 1. The van der Waals surface area contributed by atoms with Crippen LogP contribution >= 0.6 is 0 Å². The topological polar surface area (TPSA) is 44.5 Å². The van der Waals surface area contributed by atoms with Crippen LogP contribution in [0.4, 0.5) is 0 Å². The fourth-order valence-corrected chi connectivity index (χ4v) is 4.01. The SMILES string of the molecule is Cc1ccccc1-n1nc(C)c(CN(C)CC(O)CN(C)Cc2ccccc2)c1C. The molecule has 1 heterocycles. The summed E-state index contributed by atoms with van der Waals surface area (Å²) >= 11 is 0. The molecule has 0 aliphatic carbocycles. The second-order valence-corrected chi connectivity index (χ2v) is 8.38. The summed E-state index contributed by atoms with van der Waals surface area (Å²) in [7, 11) is 4.11. The van der Waals surface area contributed by atoms with Crippen molar-refractivity contribution in [1.29, 1.82) is 0 Å². The molecule has 0 amide bonds. The van der Waals surface area contributed by atoms with Crippen molar-refractivity contribution in [3.8, 4) is 5.69 Å². The monoisotopic (exact) mass is 406 g/mol. The molecule has 5 heteroatoms. The van der Waals surface area contributed by atoms with Gasteiger partial charge in [0.25, 0.3) is 0 Å². The molecule has 2 aromatic carbocycles. The number of aryl methyl sites for hydroxylation is 2. The Morgan fingerprint density at radius 2 is 1.47 bits per heavy atom. The summed E-state index contributed by atoms with van der Waals surface area (Å²) in [4.78, 5) is 4.35. The molecule has 0 saturated carbocycles. The normalized spacial score (nSPS) is 12.7. The molecular weight excluding hydrogens is 372 g/mol. The molecule has 0 fully saturated rings. The van der Waals surface area contributed by atoms with Crippen molar-refractivity contribution in [3.63, 3.8) is 0 Å². The van der Waals surface area contributed by atoms with Gasteiger partial charge in [-0.05, 0) is 52.1 Å². The predicted octanol–water partition coefficient (Wildman–Crippen LogP) is 3.72. The predicted molar refractivity (Wildman–Crippen MR) is 123 cm³/mol. The maximum Gasteiger partial charge on any atom is 0.0793 e. The highest BCUT2D eigenvalue weighted by atomic mass is 16.3. The first-order valence-electron chi connectivity index (χ1n) is 10.5. The first-order valence-corrected chi connectivity index (χ1v) is 10.5. The smallest absolute Gasteiger partial charge is 0.0793 e. The number of nitrogens with zero attached hydrogens (tertiary/aromatic N) is 4. The van der Waals surface area contributed by atoms with Crippen LogP contribution in [0.25, 0.3) is 5.69 Å². The van der Waals surface area contributed by atoms with E-state index < -0.39 is 6.10 Å². The van der Waals surface area contributed by atoms with Gasteiger partial charge in [-0.2, -0.15) is 5.10 Å². The molecule has 0 spiro atoms. The molecule has 3 aromatic rings. The quantitative estimate of drug-likeness (QED) is 0.588. The van der Waals surface area contributed by atoms with E-state index in [0.29, 0.717) is 13.1 Å². The average Bonchev–Trinajstić information content (AvgIpc) is 2.97. The highest BCUT2D eigenvalue weighted by Crippen LogP contribution is 2.21. The number of benzene rings is 2. The van der Waals surface area contributed by atoms with E-state index >= 15 is 0 Å². The van der Waals surface area contributed by atoms with E-state index in [2.05, 4.69) is 87.1 Å². The lowest BCUT2D eigenvalue weighted by atomic mass is 10.1. The Bertz CT molecular complexity index is 951. The molecule has 0 radical (unpaired) electrons. The Kier molecular flexibility index (Phi) is 7.43. The summed E-state index contributed by atoms with van der Waals surface area (Å²) in [6.07, 6.45) is -0.407. The third-order valence-electron chi connectivity index (χ3n) is 5.55. The number of likely N-dealkylation sites (N-methyl/N-ethyl adjacent to an activating group) is 2. The Labute approximate surface area is 180 Å². The van der Waals surface area contributed by atoms with Gasteiger partial charge in [-0.1, -0.05) is 48.5 Å². The Morgan fingerprint density at radius 1 is 0.867 bits per heavy atom. The van der Waals surface area contributed by atoms with Gasteiger partial charge < -0.3 is 5.11 Å². The Hall–Kier alpha value is -2.47. The molecule has 1 N–H and O–H groups in total. The maximum absolute atomic E-state index is 10.6. The van der Waals surface area contributed by atoms with Gasteiger partial charge >= 0.3 is 0 Å². The van der Waals surface area contributed by atoms with Crippen LogP contribution in [-0.2, 0) is 13.1 Å². The molecule has 0 saturated heterocycles.